The molecule has 3 rings (SSSR count). The third-order valence-electron chi connectivity index (χ3n) is 7.52. The highest BCUT2D eigenvalue weighted by Crippen LogP contribution is 2.55. The first-order valence-corrected chi connectivity index (χ1v) is 11.8. The van der Waals surface area contributed by atoms with Crippen molar-refractivity contribution in [2.45, 2.75) is 83.8 Å². The molecule has 2 saturated carbocycles. The van der Waals surface area contributed by atoms with Crippen molar-refractivity contribution in [3.63, 3.8) is 0 Å². The minimum Gasteiger partial charge on any atom is -0.378 e. The molecule has 0 bridgehead atoms. The molecule has 0 aromatic heterocycles. The Bertz CT molecular complexity index is 566. The van der Waals surface area contributed by atoms with E-state index in [1.54, 1.807) is 19.0 Å². The van der Waals surface area contributed by atoms with E-state index in [2.05, 4.69) is 18.7 Å². The molecule has 3 amide bonds. The van der Waals surface area contributed by atoms with Gasteiger partial charge in [0.2, 0.25) is 5.91 Å². The predicted octanol–water partition coefficient (Wildman–Crippen LogP) is 3.75. The van der Waals surface area contributed by atoms with E-state index < -0.39 is 0 Å². The smallest absolute Gasteiger partial charge is 0.319 e. The number of nitrogens with zero attached hydrogens (tertiary/aromatic N) is 3. The summed E-state index contributed by atoms with van der Waals surface area (Å²) in [5.41, 5.74) is 0.181. The van der Waals surface area contributed by atoms with Crippen molar-refractivity contribution in [1.82, 2.24) is 14.7 Å². The second-order valence-electron chi connectivity index (χ2n) is 9.46. The first-order chi connectivity index (χ1) is 13.9. The first kappa shape index (κ1) is 22.4. The molecule has 0 aromatic carbocycles. The minimum atomic E-state index is 0.0551. The Morgan fingerprint density at radius 2 is 1.72 bits per heavy atom. The van der Waals surface area contributed by atoms with Gasteiger partial charge in [-0.05, 0) is 45.4 Å². The van der Waals surface area contributed by atoms with Crippen LogP contribution in [0.25, 0.3) is 0 Å². The van der Waals surface area contributed by atoms with Crippen molar-refractivity contribution < 1.29 is 14.3 Å². The van der Waals surface area contributed by atoms with Gasteiger partial charge in [0.15, 0.2) is 0 Å². The summed E-state index contributed by atoms with van der Waals surface area (Å²) in [6.07, 6.45) is 10.1. The van der Waals surface area contributed by atoms with Crippen LogP contribution in [0.5, 0.6) is 0 Å². The second-order valence-corrected chi connectivity index (χ2v) is 9.46. The number of amides is 3. The molecular formula is C23H41N3O3. The highest BCUT2D eigenvalue weighted by Gasteiger charge is 2.58. The van der Waals surface area contributed by atoms with E-state index in [1.807, 2.05) is 4.90 Å². The van der Waals surface area contributed by atoms with Gasteiger partial charge in [-0.1, -0.05) is 26.2 Å². The quantitative estimate of drug-likeness (QED) is 0.674. The Labute approximate surface area is 176 Å². The molecule has 3 aliphatic rings. The van der Waals surface area contributed by atoms with Gasteiger partial charge < -0.3 is 19.4 Å². The number of carbonyl (C=O) groups is 2. The number of ether oxygens (including phenoxy) is 1. The molecule has 1 saturated heterocycles. The summed E-state index contributed by atoms with van der Waals surface area (Å²) in [5.74, 6) is 0.383. The van der Waals surface area contributed by atoms with Crippen LogP contribution in [0.2, 0.25) is 0 Å². The number of carbonyl (C=O) groups excluding carboxylic acids is 2. The standard InChI is InChI=1S/C23H41N3O3/c1-5-14-26(19-17-20(29-6-2)23(19)12-8-7-9-13-23)21(27)18-10-15-25(16-11-18)22(28)24(3)4/h18-20H,5-17H2,1-4H3/t19-,20-/m1/s1. The van der Waals surface area contributed by atoms with Crippen molar-refractivity contribution in [1.29, 1.82) is 0 Å². The zero-order chi connectivity index (χ0) is 21.0. The van der Waals surface area contributed by atoms with Crippen LogP contribution < -0.4 is 0 Å². The number of rotatable bonds is 6. The molecule has 0 unspecified atom stereocenters. The molecule has 1 aliphatic heterocycles. The van der Waals surface area contributed by atoms with Crippen LogP contribution in [0, 0.1) is 11.3 Å². The maximum Gasteiger partial charge on any atom is 0.319 e. The largest absolute Gasteiger partial charge is 0.378 e. The predicted molar refractivity (Wildman–Crippen MR) is 115 cm³/mol. The molecule has 2 aliphatic carbocycles. The fourth-order valence-electron chi connectivity index (χ4n) is 5.96. The van der Waals surface area contributed by atoms with Crippen LogP contribution in [0.1, 0.15) is 71.6 Å². The van der Waals surface area contributed by atoms with E-state index in [9.17, 15) is 9.59 Å². The van der Waals surface area contributed by atoms with Crippen LogP contribution in [-0.4, -0.2) is 79.1 Å². The van der Waals surface area contributed by atoms with Gasteiger partial charge >= 0.3 is 6.03 Å². The first-order valence-electron chi connectivity index (χ1n) is 11.8. The van der Waals surface area contributed by atoms with Crippen molar-refractivity contribution in [2.24, 2.45) is 11.3 Å². The lowest BCUT2D eigenvalue weighted by Crippen LogP contribution is -2.67. The highest BCUT2D eigenvalue weighted by atomic mass is 16.5. The lowest BCUT2D eigenvalue weighted by atomic mass is 9.54. The average molecular weight is 408 g/mol. The molecule has 29 heavy (non-hydrogen) atoms. The van der Waals surface area contributed by atoms with E-state index in [1.165, 1.54) is 32.1 Å². The van der Waals surface area contributed by atoms with Crippen LogP contribution in [-0.2, 0) is 9.53 Å². The Hall–Kier alpha value is -1.30. The Morgan fingerprint density at radius 1 is 1.07 bits per heavy atom. The maximum atomic E-state index is 13.6. The monoisotopic (exact) mass is 407 g/mol. The second kappa shape index (κ2) is 9.67. The summed E-state index contributed by atoms with van der Waals surface area (Å²) in [6, 6.07) is 0.397. The number of urea groups is 1. The number of hydrogen-bond donors (Lipinski definition) is 0. The summed E-state index contributed by atoms with van der Waals surface area (Å²) >= 11 is 0. The average Bonchev–Trinajstić information content (AvgIpc) is 2.75. The molecule has 0 N–H and O–H groups in total. The van der Waals surface area contributed by atoms with Crippen molar-refractivity contribution in [3.05, 3.63) is 0 Å². The summed E-state index contributed by atoms with van der Waals surface area (Å²) in [7, 11) is 3.58. The molecule has 2 atom stereocenters. The zero-order valence-corrected chi connectivity index (χ0v) is 19.0. The van der Waals surface area contributed by atoms with Gasteiger partial charge in [-0.3, -0.25) is 4.79 Å². The van der Waals surface area contributed by atoms with E-state index in [-0.39, 0.29) is 17.4 Å². The normalized spacial score (nSPS) is 26.8. The van der Waals surface area contributed by atoms with Gasteiger partial charge in [0.25, 0.3) is 0 Å². The van der Waals surface area contributed by atoms with Crippen LogP contribution in [0.3, 0.4) is 0 Å². The van der Waals surface area contributed by atoms with E-state index >= 15 is 0 Å². The topological polar surface area (TPSA) is 53.1 Å². The molecule has 1 spiro atoms. The third-order valence-corrected chi connectivity index (χ3v) is 7.52. The molecule has 1 heterocycles. The van der Waals surface area contributed by atoms with Gasteiger partial charge in [0, 0.05) is 57.7 Å². The van der Waals surface area contributed by atoms with Gasteiger partial charge in [-0.25, -0.2) is 4.79 Å². The van der Waals surface area contributed by atoms with Gasteiger partial charge in [0.1, 0.15) is 0 Å². The Kier molecular flexibility index (Phi) is 7.47. The van der Waals surface area contributed by atoms with Gasteiger partial charge in [-0.2, -0.15) is 0 Å². The molecule has 3 fully saturated rings. The van der Waals surface area contributed by atoms with E-state index in [0.717, 1.165) is 38.8 Å². The molecule has 166 valence electrons. The molecule has 6 nitrogen and oxygen atoms in total. The summed E-state index contributed by atoms with van der Waals surface area (Å²) in [4.78, 5) is 31.5. The number of piperidine rings is 1. The lowest BCUT2D eigenvalue weighted by Gasteiger charge is -2.61. The third kappa shape index (κ3) is 4.42. The lowest BCUT2D eigenvalue weighted by molar-refractivity contribution is -0.191. The number of hydrogen-bond acceptors (Lipinski definition) is 3. The fourth-order valence-corrected chi connectivity index (χ4v) is 5.96. The molecular weight excluding hydrogens is 366 g/mol. The molecule has 0 aromatic rings. The SMILES string of the molecule is CCCN(C(=O)C1CCN(C(=O)N(C)C)CC1)[C@@H]1C[C@@H](OCC)C12CCCCC2. The zero-order valence-electron chi connectivity index (χ0n) is 19.0. The van der Waals surface area contributed by atoms with Crippen LogP contribution in [0.4, 0.5) is 4.79 Å². The molecule has 0 radical (unpaired) electrons. The van der Waals surface area contributed by atoms with Crippen LogP contribution in [0.15, 0.2) is 0 Å². The van der Waals surface area contributed by atoms with E-state index in [0.29, 0.717) is 31.1 Å². The van der Waals surface area contributed by atoms with Crippen LogP contribution >= 0.6 is 0 Å². The van der Waals surface area contributed by atoms with Crippen molar-refractivity contribution >= 4 is 11.9 Å². The van der Waals surface area contributed by atoms with Crippen molar-refractivity contribution in [2.75, 3.05) is 40.3 Å². The summed E-state index contributed by atoms with van der Waals surface area (Å²) in [5, 5.41) is 0. The fraction of sp³-hybridized carbons (Fsp3) is 0.913. The van der Waals surface area contributed by atoms with E-state index in [4.69, 9.17) is 4.74 Å². The number of likely N-dealkylation sites (tertiary alicyclic amines) is 1. The highest BCUT2D eigenvalue weighted by molar-refractivity contribution is 5.80. The van der Waals surface area contributed by atoms with Crippen molar-refractivity contribution in [3.8, 4) is 0 Å². The molecule has 6 heteroatoms. The Balaban J connectivity index is 1.68. The van der Waals surface area contributed by atoms with Gasteiger partial charge in [0.05, 0.1) is 6.10 Å². The maximum absolute atomic E-state index is 13.6. The van der Waals surface area contributed by atoms with Gasteiger partial charge in [-0.15, -0.1) is 0 Å². The summed E-state index contributed by atoms with van der Waals surface area (Å²) in [6.45, 7) is 7.24. The Morgan fingerprint density at radius 3 is 2.28 bits per heavy atom. The summed E-state index contributed by atoms with van der Waals surface area (Å²) < 4.78 is 6.13. The minimum absolute atomic E-state index is 0.0551.